The predicted octanol–water partition coefficient (Wildman–Crippen LogP) is 6.36. The van der Waals surface area contributed by atoms with Gasteiger partial charge in [0, 0.05) is 42.2 Å². The minimum absolute atomic E-state index is 0.0983. The fourth-order valence-electron chi connectivity index (χ4n) is 6.96. The van der Waals surface area contributed by atoms with Crippen molar-refractivity contribution >= 4 is 40.1 Å². The lowest BCUT2D eigenvalue weighted by Gasteiger charge is -2.35. The molecule has 0 spiro atoms. The quantitative estimate of drug-likeness (QED) is 0.343. The molecule has 2 aromatic heterocycles. The minimum atomic E-state index is -1.47. The van der Waals surface area contributed by atoms with Crippen molar-refractivity contribution in [2.24, 2.45) is 17.8 Å². The molecule has 0 radical (unpaired) electrons. The molecule has 1 N–H and O–H groups in total. The Hall–Kier alpha value is -3.66. The Bertz CT molecular complexity index is 1450. The number of benzene rings is 1. The number of alkyl halides is 1. The fraction of sp³-hybridized carbons (Fsp3) is 0.469. The van der Waals surface area contributed by atoms with Gasteiger partial charge in [-0.05, 0) is 42.4 Å². The van der Waals surface area contributed by atoms with Crippen molar-refractivity contribution in [2.45, 2.75) is 64.0 Å². The first kappa shape index (κ1) is 28.5. The van der Waals surface area contributed by atoms with Gasteiger partial charge in [0.05, 0.1) is 18.0 Å². The van der Waals surface area contributed by atoms with Crippen molar-refractivity contribution in [3.8, 4) is 22.4 Å². The molecule has 3 atom stereocenters. The van der Waals surface area contributed by atoms with E-state index in [2.05, 4.69) is 4.98 Å². The summed E-state index contributed by atoms with van der Waals surface area (Å²) in [6, 6.07) is 11.4. The van der Waals surface area contributed by atoms with Crippen molar-refractivity contribution < 1.29 is 23.9 Å². The Morgan fingerprint density at radius 1 is 0.929 bits per heavy atom. The topological polar surface area (TPSA) is 104 Å². The molecule has 8 nitrogen and oxygen atoms in total. The largest absolute Gasteiger partial charge is 0.481 e. The summed E-state index contributed by atoms with van der Waals surface area (Å²) in [5.41, 5.74) is 3.33. The normalized spacial score (nSPS) is 23.8. The molecule has 3 fully saturated rings. The molecule has 2 aliphatic heterocycles. The molecule has 3 unspecified atom stereocenters. The number of hydrogen-bond acceptors (Lipinski definition) is 6. The standard InChI is InChI=1S/C32H35FN4O4S/c33-26-14-16-36(31(26)41)28-13-12-21(18-34-28)23-9-3-4-11-24(23)27-19-42-32(35-27)37-15-6-5-10-22(20-7-1-2-8-20)25(30(37)40)17-29(38)39/h3-4,9,11-13,18-20,22,25-26H,1-2,5-8,10,14-17H2,(H,38,39). The number of aromatic nitrogens is 2. The summed E-state index contributed by atoms with van der Waals surface area (Å²) >= 11 is 1.40. The molecule has 6 rings (SSSR count). The summed E-state index contributed by atoms with van der Waals surface area (Å²) in [6.07, 6.45) is 7.44. The number of hydrogen-bond donors (Lipinski definition) is 1. The van der Waals surface area contributed by atoms with Crippen molar-refractivity contribution in [3.63, 3.8) is 0 Å². The lowest BCUT2D eigenvalue weighted by molar-refractivity contribution is -0.142. The lowest BCUT2D eigenvalue weighted by Crippen LogP contribution is -2.44. The van der Waals surface area contributed by atoms with Crippen LogP contribution in [-0.4, -0.2) is 52.1 Å². The number of thiazole rings is 1. The van der Waals surface area contributed by atoms with Crippen LogP contribution in [-0.2, 0) is 14.4 Å². The van der Waals surface area contributed by atoms with E-state index in [4.69, 9.17) is 4.98 Å². The first-order valence-corrected chi connectivity index (χ1v) is 15.8. The van der Waals surface area contributed by atoms with Crippen LogP contribution in [0.15, 0.2) is 48.0 Å². The maximum absolute atomic E-state index is 14.0. The number of anilines is 2. The highest BCUT2D eigenvalue weighted by Gasteiger charge is 2.40. The van der Waals surface area contributed by atoms with E-state index >= 15 is 0 Å². The molecule has 3 aliphatic rings. The van der Waals surface area contributed by atoms with Crippen LogP contribution < -0.4 is 9.80 Å². The van der Waals surface area contributed by atoms with Crippen LogP contribution in [0.4, 0.5) is 15.3 Å². The molecule has 0 bridgehead atoms. The van der Waals surface area contributed by atoms with Crippen LogP contribution in [0.3, 0.4) is 0 Å². The van der Waals surface area contributed by atoms with Gasteiger partial charge in [-0.3, -0.25) is 24.2 Å². The number of nitrogens with zero attached hydrogens (tertiary/aromatic N) is 4. The molecule has 1 saturated carbocycles. The third-order valence-corrected chi connectivity index (χ3v) is 9.93. The average Bonchev–Trinajstić information content (AvgIpc) is 3.76. The summed E-state index contributed by atoms with van der Waals surface area (Å²) in [7, 11) is 0. The van der Waals surface area contributed by atoms with Crippen LogP contribution in [0.5, 0.6) is 0 Å². The Kier molecular flexibility index (Phi) is 8.33. The highest BCUT2D eigenvalue weighted by Crippen LogP contribution is 2.42. The first-order chi connectivity index (χ1) is 20.4. The van der Waals surface area contributed by atoms with Crippen LogP contribution >= 0.6 is 11.3 Å². The van der Waals surface area contributed by atoms with Gasteiger partial charge in [0.25, 0.3) is 5.91 Å². The SMILES string of the molecule is O=C(O)CC1C(=O)N(c2nc(-c3ccccc3-c3ccc(N4CCC(F)C4=O)nc3)cs2)CCCCC1C1CCCC1. The number of pyridine rings is 1. The van der Waals surface area contributed by atoms with E-state index in [0.717, 1.165) is 67.3 Å². The van der Waals surface area contributed by atoms with Gasteiger partial charge in [-0.15, -0.1) is 11.3 Å². The maximum Gasteiger partial charge on any atom is 0.304 e. The Morgan fingerprint density at radius 2 is 1.69 bits per heavy atom. The highest BCUT2D eigenvalue weighted by atomic mass is 32.1. The Morgan fingerprint density at radius 3 is 2.38 bits per heavy atom. The van der Waals surface area contributed by atoms with E-state index in [0.29, 0.717) is 30.0 Å². The molecular weight excluding hydrogens is 555 g/mol. The molecule has 42 heavy (non-hydrogen) atoms. The van der Waals surface area contributed by atoms with Crippen LogP contribution in [0, 0.1) is 17.8 Å². The molecule has 220 valence electrons. The third-order valence-electron chi connectivity index (χ3n) is 9.07. The zero-order valence-corrected chi connectivity index (χ0v) is 24.3. The second-order valence-corrected chi connectivity index (χ2v) is 12.4. The summed E-state index contributed by atoms with van der Waals surface area (Å²) < 4.78 is 13.7. The van der Waals surface area contributed by atoms with Crippen molar-refractivity contribution in [1.29, 1.82) is 0 Å². The number of carbonyl (C=O) groups excluding carboxylic acids is 2. The lowest BCUT2D eigenvalue weighted by atomic mass is 9.74. The molecule has 1 aromatic carbocycles. The smallest absolute Gasteiger partial charge is 0.304 e. The van der Waals surface area contributed by atoms with E-state index in [1.807, 2.05) is 35.7 Å². The second kappa shape index (κ2) is 12.3. The number of halogens is 1. The van der Waals surface area contributed by atoms with E-state index in [-0.39, 0.29) is 24.7 Å². The third kappa shape index (κ3) is 5.69. The monoisotopic (exact) mass is 590 g/mol. The molecular formula is C32H35FN4O4S. The Labute approximate surface area is 248 Å². The van der Waals surface area contributed by atoms with Crippen molar-refractivity contribution in [2.75, 3.05) is 22.9 Å². The van der Waals surface area contributed by atoms with E-state index in [1.165, 1.54) is 16.2 Å². The van der Waals surface area contributed by atoms with Crippen molar-refractivity contribution in [1.82, 2.24) is 9.97 Å². The molecule has 3 aromatic rings. The molecule has 1 aliphatic carbocycles. The van der Waals surface area contributed by atoms with Gasteiger partial charge in [-0.2, -0.15) is 0 Å². The van der Waals surface area contributed by atoms with Gasteiger partial charge < -0.3 is 5.11 Å². The number of amides is 2. The van der Waals surface area contributed by atoms with Crippen molar-refractivity contribution in [3.05, 3.63) is 48.0 Å². The van der Waals surface area contributed by atoms with E-state index < -0.39 is 24.0 Å². The zero-order valence-electron chi connectivity index (χ0n) is 23.5. The Balaban J connectivity index is 1.27. The van der Waals surface area contributed by atoms with Gasteiger partial charge in [-0.25, -0.2) is 14.4 Å². The minimum Gasteiger partial charge on any atom is -0.481 e. The number of rotatable bonds is 7. The van der Waals surface area contributed by atoms with Crippen LogP contribution in [0.2, 0.25) is 0 Å². The van der Waals surface area contributed by atoms with Gasteiger partial charge in [0.15, 0.2) is 11.3 Å². The predicted molar refractivity (Wildman–Crippen MR) is 160 cm³/mol. The van der Waals surface area contributed by atoms with Gasteiger partial charge in [-0.1, -0.05) is 56.4 Å². The number of carboxylic acids is 1. The number of aliphatic carboxylic acids is 1. The zero-order chi connectivity index (χ0) is 29.2. The summed E-state index contributed by atoms with van der Waals surface area (Å²) in [5.74, 6) is -1.19. The first-order valence-electron chi connectivity index (χ1n) is 14.9. The molecule has 10 heteroatoms. The molecule has 4 heterocycles. The maximum atomic E-state index is 14.0. The number of carboxylic acid groups (broad SMARTS) is 1. The van der Waals surface area contributed by atoms with Gasteiger partial charge in [0.1, 0.15) is 5.82 Å². The summed E-state index contributed by atoms with van der Waals surface area (Å²) in [5, 5.41) is 12.3. The van der Waals surface area contributed by atoms with Gasteiger partial charge >= 0.3 is 5.97 Å². The van der Waals surface area contributed by atoms with Crippen LogP contribution in [0.1, 0.15) is 57.8 Å². The van der Waals surface area contributed by atoms with E-state index in [9.17, 15) is 23.9 Å². The second-order valence-electron chi connectivity index (χ2n) is 11.6. The fourth-order valence-corrected chi connectivity index (χ4v) is 7.82. The molecule has 2 saturated heterocycles. The highest BCUT2D eigenvalue weighted by molar-refractivity contribution is 7.14. The summed E-state index contributed by atoms with van der Waals surface area (Å²) in [4.78, 5) is 50.4. The van der Waals surface area contributed by atoms with E-state index in [1.54, 1.807) is 17.2 Å². The summed E-state index contributed by atoms with van der Waals surface area (Å²) in [6.45, 7) is 0.843. The number of carbonyl (C=O) groups is 3. The van der Waals surface area contributed by atoms with Gasteiger partial charge in [0.2, 0.25) is 5.91 Å². The average molecular weight is 591 g/mol. The van der Waals surface area contributed by atoms with Crippen LogP contribution in [0.25, 0.3) is 22.4 Å². The molecule has 2 amide bonds.